The van der Waals surface area contributed by atoms with E-state index in [1.807, 2.05) is 0 Å². The average molecular weight is 225 g/mol. The molecule has 2 saturated heterocycles. The number of nitrogens with one attached hydrogen (secondary N) is 2. The summed E-state index contributed by atoms with van der Waals surface area (Å²) in [6, 6.07) is 1.14. The van der Waals surface area contributed by atoms with Crippen LogP contribution in [0.5, 0.6) is 0 Å². The number of carbonyl (C=O) groups excluding carboxylic acids is 1. The van der Waals surface area contributed by atoms with Crippen LogP contribution in [-0.4, -0.2) is 49.6 Å². The maximum absolute atomic E-state index is 11.1. The summed E-state index contributed by atoms with van der Waals surface area (Å²) < 4.78 is 0. The maximum Gasteiger partial charge on any atom is 0.220 e. The van der Waals surface area contributed by atoms with Gasteiger partial charge >= 0.3 is 0 Å². The van der Waals surface area contributed by atoms with Crippen LogP contribution in [0, 0.1) is 0 Å². The van der Waals surface area contributed by atoms with Crippen molar-refractivity contribution in [3.63, 3.8) is 0 Å². The number of piperidine rings is 1. The van der Waals surface area contributed by atoms with Crippen LogP contribution in [0.3, 0.4) is 0 Å². The molecule has 2 N–H and O–H groups in total. The molecule has 0 aromatic heterocycles. The normalized spacial score (nSPS) is 33.2. The van der Waals surface area contributed by atoms with E-state index in [4.69, 9.17) is 0 Å². The van der Waals surface area contributed by atoms with E-state index in [0.717, 1.165) is 13.0 Å². The van der Waals surface area contributed by atoms with Crippen molar-refractivity contribution in [2.45, 2.75) is 44.2 Å². The van der Waals surface area contributed by atoms with Crippen LogP contribution in [0.15, 0.2) is 0 Å². The van der Waals surface area contributed by atoms with Crippen molar-refractivity contribution in [2.24, 2.45) is 0 Å². The minimum atomic E-state index is 0.207. The lowest BCUT2D eigenvalue weighted by atomic mass is 10.0. The number of carbonyl (C=O) groups is 1. The molecule has 0 aromatic rings. The van der Waals surface area contributed by atoms with E-state index in [0.29, 0.717) is 18.5 Å². The molecule has 2 unspecified atom stereocenters. The van der Waals surface area contributed by atoms with Gasteiger partial charge in [-0.2, -0.15) is 0 Å². The highest BCUT2D eigenvalue weighted by atomic mass is 16.1. The third-order valence-corrected chi connectivity index (χ3v) is 3.69. The van der Waals surface area contributed by atoms with Crippen molar-refractivity contribution in [2.75, 3.05) is 26.7 Å². The zero-order valence-corrected chi connectivity index (χ0v) is 10.2. The molecular weight excluding hydrogens is 202 g/mol. The SMILES string of the molecule is CN1CCCC(NC2CCC(=O)NC2)CC1. The molecule has 0 bridgehead atoms. The first-order chi connectivity index (χ1) is 7.74. The van der Waals surface area contributed by atoms with E-state index < -0.39 is 0 Å². The van der Waals surface area contributed by atoms with E-state index in [2.05, 4.69) is 22.6 Å². The van der Waals surface area contributed by atoms with Crippen LogP contribution < -0.4 is 10.6 Å². The first-order valence-corrected chi connectivity index (χ1v) is 6.45. The number of hydrogen-bond donors (Lipinski definition) is 2. The Kier molecular flexibility index (Phi) is 4.18. The molecule has 1 amide bonds. The molecule has 2 aliphatic heterocycles. The molecule has 2 fully saturated rings. The monoisotopic (exact) mass is 225 g/mol. The summed E-state index contributed by atoms with van der Waals surface area (Å²) in [5.74, 6) is 0.207. The largest absolute Gasteiger partial charge is 0.355 e. The lowest BCUT2D eigenvalue weighted by Crippen LogP contribution is -2.49. The van der Waals surface area contributed by atoms with Gasteiger partial charge in [0.25, 0.3) is 0 Å². The number of rotatable bonds is 2. The molecule has 4 heteroatoms. The van der Waals surface area contributed by atoms with E-state index in [1.165, 1.54) is 32.4 Å². The predicted octanol–water partition coefficient (Wildman–Crippen LogP) is 0.339. The van der Waals surface area contributed by atoms with Gasteiger partial charge in [0.05, 0.1) is 0 Å². The van der Waals surface area contributed by atoms with E-state index in [-0.39, 0.29) is 5.91 Å². The highest BCUT2D eigenvalue weighted by molar-refractivity contribution is 5.76. The van der Waals surface area contributed by atoms with Crippen LogP contribution in [0.25, 0.3) is 0 Å². The Balaban J connectivity index is 1.74. The van der Waals surface area contributed by atoms with Gasteiger partial charge in [-0.25, -0.2) is 0 Å². The van der Waals surface area contributed by atoms with Gasteiger partial charge in [-0.05, 0) is 45.8 Å². The Morgan fingerprint density at radius 3 is 2.88 bits per heavy atom. The van der Waals surface area contributed by atoms with Gasteiger partial charge in [0.15, 0.2) is 0 Å². The van der Waals surface area contributed by atoms with Gasteiger partial charge in [-0.3, -0.25) is 4.79 Å². The number of hydrogen-bond acceptors (Lipinski definition) is 3. The van der Waals surface area contributed by atoms with Gasteiger partial charge < -0.3 is 15.5 Å². The quantitative estimate of drug-likeness (QED) is 0.712. The van der Waals surface area contributed by atoms with Crippen molar-refractivity contribution in [1.29, 1.82) is 0 Å². The second-order valence-electron chi connectivity index (χ2n) is 5.14. The smallest absolute Gasteiger partial charge is 0.220 e. The molecule has 0 aromatic carbocycles. The van der Waals surface area contributed by atoms with Gasteiger partial charge in [0.1, 0.15) is 0 Å². The van der Waals surface area contributed by atoms with Crippen molar-refractivity contribution in [3.05, 3.63) is 0 Å². The molecule has 92 valence electrons. The van der Waals surface area contributed by atoms with Crippen LogP contribution in [0.4, 0.5) is 0 Å². The third kappa shape index (κ3) is 3.46. The first-order valence-electron chi connectivity index (χ1n) is 6.45. The predicted molar refractivity (Wildman–Crippen MR) is 64.3 cm³/mol. The minimum absolute atomic E-state index is 0.207. The molecule has 0 saturated carbocycles. The molecule has 4 nitrogen and oxygen atoms in total. The Morgan fingerprint density at radius 1 is 1.25 bits per heavy atom. The van der Waals surface area contributed by atoms with Crippen LogP contribution >= 0.6 is 0 Å². The lowest BCUT2D eigenvalue weighted by Gasteiger charge is -2.28. The summed E-state index contributed by atoms with van der Waals surface area (Å²) >= 11 is 0. The zero-order valence-electron chi connectivity index (χ0n) is 10.2. The highest BCUT2D eigenvalue weighted by Gasteiger charge is 2.22. The van der Waals surface area contributed by atoms with Crippen molar-refractivity contribution in [3.8, 4) is 0 Å². The first kappa shape index (κ1) is 11.9. The molecule has 0 aliphatic carbocycles. The van der Waals surface area contributed by atoms with Gasteiger partial charge in [0.2, 0.25) is 5.91 Å². The second-order valence-corrected chi connectivity index (χ2v) is 5.14. The fraction of sp³-hybridized carbons (Fsp3) is 0.917. The molecule has 2 rings (SSSR count). The molecule has 0 spiro atoms. The molecule has 0 radical (unpaired) electrons. The Morgan fingerprint density at radius 2 is 2.12 bits per heavy atom. The van der Waals surface area contributed by atoms with Crippen molar-refractivity contribution >= 4 is 5.91 Å². The summed E-state index contributed by atoms with van der Waals surface area (Å²) in [6.45, 7) is 3.22. The molecule has 2 heterocycles. The van der Waals surface area contributed by atoms with Crippen LogP contribution in [-0.2, 0) is 4.79 Å². The Hall–Kier alpha value is -0.610. The number of nitrogens with zero attached hydrogens (tertiary/aromatic N) is 1. The molecular formula is C12H23N3O. The minimum Gasteiger partial charge on any atom is -0.355 e. The topological polar surface area (TPSA) is 44.4 Å². The number of amides is 1. The fourth-order valence-corrected chi connectivity index (χ4v) is 2.62. The highest BCUT2D eigenvalue weighted by Crippen LogP contribution is 2.12. The van der Waals surface area contributed by atoms with Gasteiger partial charge in [-0.15, -0.1) is 0 Å². The molecule has 2 aliphatic rings. The summed E-state index contributed by atoms with van der Waals surface area (Å²) in [4.78, 5) is 13.5. The fourth-order valence-electron chi connectivity index (χ4n) is 2.62. The second kappa shape index (κ2) is 5.64. The Labute approximate surface area is 97.8 Å². The standard InChI is InChI=1S/C12H23N3O/c1-15-7-2-3-10(6-8-15)14-11-4-5-12(16)13-9-11/h10-11,14H,2-9H2,1H3,(H,13,16). The van der Waals surface area contributed by atoms with Gasteiger partial charge in [-0.1, -0.05) is 0 Å². The zero-order chi connectivity index (χ0) is 11.4. The summed E-state index contributed by atoms with van der Waals surface area (Å²) in [7, 11) is 2.20. The third-order valence-electron chi connectivity index (χ3n) is 3.69. The molecule has 2 atom stereocenters. The van der Waals surface area contributed by atoms with Crippen molar-refractivity contribution < 1.29 is 4.79 Å². The summed E-state index contributed by atoms with van der Waals surface area (Å²) in [5.41, 5.74) is 0. The summed E-state index contributed by atoms with van der Waals surface area (Å²) in [5, 5.41) is 6.63. The Bertz CT molecular complexity index is 234. The lowest BCUT2D eigenvalue weighted by molar-refractivity contribution is -0.122. The maximum atomic E-state index is 11.1. The summed E-state index contributed by atoms with van der Waals surface area (Å²) in [6.07, 6.45) is 5.48. The van der Waals surface area contributed by atoms with Gasteiger partial charge in [0, 0.05) is 25.0 Å². The van der Waals surface area contributed by atoms with E-state index >= 15 is 0 Å². The van der Waals surface area contributed by atoms with E-state index in [1.54, 1.807) is 0 Å². The van der Waals surface area contributed by atoms with Crippen LogP contribution in [0.1, 0.15) is 32.1 Å². The van der Waals surface area contributed by atoms with E-state index in [9.17, 15) is 4.79 Å². The van der Waals surface area contributed by atoms with Crippen LogP contribution in [0.2, 0.25) is 0 Å². The van der Waals surface area contributed by atoms with Crippen molar-refractivity contribution in [1.82, 2.24) is 15.5 Å². The average Bonchev–Trinajstić information content (AvgIpc) is 2.47. The molecule has 16 heavy (non-hydrogen) atoms. The number of likely N-dealkylation sites (tertiary alicyclic amines) is 1.